The molecule has 1 fully saturated rings. The van der Waals surface area contributed by atoms with E-state index >= 15 is 0 Å². The molecule has 0 heterocycles. The SMILES string of the molecule is CCCCCCC(=O)OC(CCCCCC)CSCCCCCC(=O)CCCCCSCC(CCCCCC)OC(=O)CCC1CCCCC1. The van der Waals surface area contributed by atoms with Crippen LogP contribution in [0.3, 0.4) is 0 Å². The van der Waals surface area contributed by atoms with Crippen LogP contribution >= 0.6 is 23.5 Å². The van der Waals surface area contributed by atoms with Crippen molar-refractivity contribution < 1.29 is 23.9 Å². The molecule has 1 aliphatic rings. The topological polar surface area (TPSA) is 69.7 Å². The third-order valence-electron chi connectivity index (χ3n) is 10.2. The van der Waals surface area contributed by atoms with E-state index in [0.717, 1.165) is 112 Å². The highest BCUT2D eigenvalue weighted by atomic mass is 32.2. The molecule has 0 aromatic carbocycles. The molecule has 1 aliphatic carbocycles. The van der Waals surface area contributed by atoms with Crippen LogP contribution in [0.1, 0.15) is 213 Å². The molecule has 1 rings (SSSR count). The molecule has 2 unspecified atom stereocenters. The van der Waals surface area contributed by atoms with Crippen molar-refractivity contribution in [3.05, 3.63) is 0 Å². The summed E-state index contributed by atoms with van der Waals surface area (Å²) in [6.07, 6.45) is 32.8. The number of ketones is 1. The molecule has 50 heavy (non-hydrogen) atoms. The maximum absolute atomic E-state index is 12.6. The van der Waals surface area contributed by atoms with Crippen LogP contribution in [0.2, 0.25) is 0 Å². The summed E-state index contributed by atoms with van der Waals surface area (Å²) in [7, 11) is 0. The van der Waals surface area contributed by atoms with Gasteiger partial charge >= 0.3 is 11.9 Å². The minimum Gasteiger partial charge on any atom is -0.461 e. The smallest absolute Gasteiger partial charge is 0.306 e. The first-order valence-corrected chi connectivity index (χ1v) is 23.8. The molecule has 294 valence electrons. The van der Waals surface area contributed by atoms with Crippen LogP contribution in [0.5, 0.6) is 0 Å². The van der Waals surface area contributed by atoms with Crippen LogP contribution in [0, 0.1) is 5.92 Å². The van der Waals surface area contributed by atoms with E-state index in [4.69, 9.17) is 9.47 Å². The predicted octanol–water partition coefficient (Wildman–Crippen LogP) is 13.2. The Kier molecular flexibility index (Phi) is 33.5. The Morgan fingerprint density at radius 2 is 0.960 bits per heavy atom. The molecular formula is C43H80O5S2. The quantitative estimate of drug-likeness (QED) is 0.0468. The van der Waals surface area contributed by atoms with E-state index in [-0.39, 0.29) is 24.1 Å². The fourth-order valence-corrected chi connectivity index (χ4v) is 9.04. The molecule has 0 radical (unpaired) electrons. The predicted molar refractivity (Wildman–Crippen MR) is 218 cm³/mol. The van der Waals surface area contributed by atoms with Crippen molar-refractivity contribution >= 4 is 41.2 Å². The zero-order valence-corrected chi connectivity index (χ0v) is 34.8. The zero-order valence-electron chi connectivity index (χ0n) is 33.1. The molecule has 0 saturated heterocycles. The Morgan fingerprint density at radius 1 is 0.520 bits per heavy atom. The normalized spacial score (nSPS) is 14.8. The van der Waals surface area contributed by atoms with Gasteiger partial charge < -0.3 is 9.47 Å². The molecule has 0 aliphatic heterocycles. The van der Waals surface area contributed by atoms with E-state index in [1.165, 1.54) is 83.5 Å². The Bertz CT molecular complexity index is 800. The molecule has 0 N–H and O–H groups in total. The summed E-state index contributed by atoms with van der Waals surface area (Å²) in [5.74, 6) is 5.09. The van der Waals surface area contributed by atoms with Crippen molar-refractivity contribution in [2.75, 3.05) is 23.0 Å². The summed E-state index contributed by atoms with van der Waals surface area (Å²) in [6.45, 7) is 6.65. The molecule has 2 atom stereocenters. The zero-order chi connectivity index (χ0) is 36.3. The van der Waals surface area contributed by atoms with E-state index in [1.807, 2.05) is 23.5 Å². The summed E-state index contributed by atoms with van der Waals surface area (Å²) in [5.41, 5.74) is 0. The van der Waals surface area contributed by atoms with Gasteiger partial charge in [0.15, 0.2) is 0 Å². The molecule has 7 heteroatoms. The third-order valence-corrected chi connectivity index (χ3v) is 12.5. The minimum atomic E-state index is -0.0148. The fourth-order valence-electron chi connectivity index (χ4n) is 6.89. The summed E-state index contributed by atoms with van der Waals surface area (Å²) in [6, 6.07) is 0. The van der Waals surface area contributed by atoms with Crippen LogP contribution in [0.25, 0.3) is 0 Å². The van der Waals surface area contributed by atoms with Crippen molar-refractivity contribution in [1.82, 2.24) is 0 Å². The maximum Gasteiger partial charge on any atom is 0.306 e. The largest absolute Gasteiger partial charge is 0.461 e. The second kappa shape index (κ2) is 35.3. The van der Waals surface area contributed by atoms with Crippen LogP contribution in [-0.4, -0.2) is 52.9 Å². The second-order valence-electron chi connectivity index (χ2n) is 15.1. The van der Waals surface area contributed by atoms with Gasteiger partial charge in [-0.25, -0.2) is 0 Å². The van der Waals surface area contributed by atoms with Gasteiger partial charge in [-0.2, -0.15) is 23.5 Å². The third kappa shape index (κ3) is 29.8. The number of rotatable bonds is 36. The first kappa shape index (κ1) is 47.3. The van der Waals surface area contributed by atoms with Crippen molar-refractivity contribution in [3.63, 3.8) is 0 Å². The van der Waals surface area contributed by atoms with Gasteiger partial charge in [-0.15, -0.1) is 0 Å². The lowest BCUT2D eigenvalue weighted by Crippen LogP contribution is -2.21. The Morgan fingerprint density at radius 3 is 1.46 bits per heavy atom. The lowest BCUT2D eigenvalue weighted by Gasteiger charge is -2.22. The van der Waals surface area contributed by atoms with Crippen molar-refractivity contribution in [3.8, 4) is 0 Å². The number of hydrogen-bond donors (Lipinski definition) is 0. The number of Topliss-reactive ketones (excluding diaryl/α,β-unsaturated/α-hetero) is 1. The highest BCUT2D eigenvalue weighted by molar-refractivity contribution is 7.99. The van der Waals surface area contributed by atoms with E-state index in [1.54, 1.807) is 0 Å². The number of thioether (sulfide) groups is 2. The Labute approximate surface area is 318 Å². The highest BCUT2D eigenvalue weighted by Gasteiger charge is 2.19. The van der Waals surface area contributed by atoms with E-state index in [0.29, 0.717) is 31.5 Å². The summed E-state index contributed by atoms with van der Waals surface area (Å²) < 4.78 is 11.9. The molecule has 0 aromatic rings. The van der Waals surface area contributed by atoms with Gasteiger partial charge in [0, 0.05) is 37.2 Å². The minimum absolute atomic E-state index is 0.0148. The number of ether oxygens (including phenoxy) is 2. The first-order valence-electron chi connectivity index (χ1n) is 21.5. The average molecular weight is 741 g/mol. The molecule has 1 saturated carbocycles. The van der Waals surface area contributed by atoms with Gasteiger partial charge in [0.25, 0.3) is 0 Å². The van der Waals surface area contributed by atoms with Gasteiger partial charge in [-0.05, 0) is 81.6 Å². The van der Waals surface area contributed by atoms with Gasteiger partial charge in [0.05, 0.1) is 0 Å². The molecule has 0 aromatic heterocycles. The summed E-state index contributed by atoms with van der Waals surface area (Å²) in [4.78, 5) is 37.5. The van der Waals surface area contributed by atoms with Gasteiger partial charge in [0.2, 0.25) is 0 Å². The van der Waals surface area contributed by atoms with Gasteiger partial charge in [-0.1, -0.05) is 124 Å². The molecule has 5 nitrogen and oxygen atoms in total. The van der Waals surface area contributed by atoms with Crippen molar-refractivity contribution in [2.45, 2.75) is 226 Å². The highest BCUT2D eigenvalue weighted by Crippen LogP contribution is 2.28. The van der Waals surface area contributed by atoms with Crippen LogP contribution < -0.4 is 0 Å². The van der Waals surface area contributed by atoms with Crippen LogP contribution in [0.15, 0.2) is 0 Å². The van der Waals surface area contributed by atoms with E-state index in [9.17, 15) is 14.4 Å². The molecule has 0 spiro atoms. The van der Waals surface area contributed by atoms with Crippen molar-refractivity contribution in [2.24, 2.45) is 5.92 Å². The lowest BCUT2D eigenvalue weighted by atomic mass is 9.86. The molecule has 0 bridgehead atoms. The molecular weight excluding hydrogens is 661 g/mol. The average Bonchev–Trinajstić information content (AvgIpc) is 3.12. The van der Waals surface area contributed by atoms with Crippen LogP contribution in [0.4, 0.5) is 0 Å². The lowest BCUT2D eigenvalue weighted by molar-refractivity contribution is -0.149. The number of carbonyl (C=O) groups excluding carboxylic acids is 3. The van der Waals surface area contributed by atoms with E-state index < -0.39 is 0 Å². The second-order valence-corrected chi connectivity index (χ2v) is 17.4. The number of unbranched alkanes of at least 4 members (excludes halogenated alkanes) is 13. The van der Waals surface area contributed by atoms with E-state index in [2.05, 4.69) is 20.8 Å². The fraction of sp³-hybridized carbons (Fsp3) is 0.930. The Balaban J connectivity index is 2.13. The molecule has 0 amide bonds. The Hall–Kier alpha value is -0.690. The van der Waals surface area contributed by atoms with Gasteiger partial charge in [0.1, 0.15) is 18.0 Å². The standard InChI is InChI=1S/C43H80O5S2/c1-4-7-10-20-29-40(47-42(45)31-22-12-9-6-3)36-49-34-23-14-18-27-39(44)28-19-15-24-35-50-37-41(30-21-11-8-5-2)48-43(46)33-32-38-25-16-13-17-26-38/h38,40-41H,4-37H2,1-3H3. The first-order chi connectivity index (χ1) is 24.5. The number of carbonyl (C=O) groups is 3. The van der Waals surface area contributed by atoms with Crippen molar-refractivity contribution in [1.29, 1.82) is 0 Å². The van der Waals surface area contributed by atoms with Crippen LogP contribution in [-0.2, 0) is 23.9 Å². The summed E-state index contributed by atoms with van der Waals surface area (Å²) >= 11 is 3.83. The monoisotopic (exact) mass is 741 g/mol. The number of hydrogen-bond acceptors (Lipinski definition) is 7. The van der Waals surface area contributed by atoms with Gasteiger partial charge in [-0.3, -0.25) is 14.4 Å². The summed E-state index contributed by atoms with van der Waals surface area (Å²) in [5, 5.41) is 0. The maximum atomic E-state index is 12.6. The number of esters is 2.